The van der Waals surface area contributed by atoms with E-state index in [1.807, 2.05) is 13.0 Å². The summed E-state index contributed by atoms with van der Waals surface area (Å²) in [5, 5.41) is 11.9. The monoisotopic (exact) mass is 477 g/mol. The van der Waals surface area contributed by atoms with Gasteiger partial charge in [-0.2, -0.15) is 13.2 Å². The number of pyridine rings is 1. The third-order valence-corrected chi connectivity index (χ3v) is 5.50. The maximum absolute atomic E-state index is 13.2. The molecule has 0 saturated heterocycles. The molecule has 3 aromatic rings. The van der Waals surface area contributed by atoms with Gasteiger partial charge in [0.2, 0.25) is 0 Å². The van der Waals surface area contributed by atoms with E-state index in [9.17, 15) is 23.1 Å². The molecule has 0 aliphatic carbocycles. The third-order valence-electron chi connectivity index (χ3n) is 5.17. The summed E-state index contributed by atoms with van der Waals surface area (Å²) < 4.78 is 45.3. The summed E-state index contributed by atoms with van der Waals surface area (Å²) in [5.41, 5.74) is 0.495. The van der Waals surface area contributed by atoms with Crippen molar-refractivity contribution in [2.75, 3.05) is 23.4 Å². The van der Waals surface area contributed by atoms with Gasteiger partial charge in [0.1, 0.15) is 12.4 Å². The van der Waals surface area contributed by atoms with Crippen LogP contribution in [0.15, 0.2) is 54.7 Å². The summed E-state index contributed by atoms with van der Waals surface area (Å²) in [6, 6.07) is 11.2. The van der Waals surface area contributed by atoms with Crippen LogP contribution in [0.1, 0.15) is 21.5 Å². The number of carbonyl (C=O) groups excluding carboxylic acids is 1. The highest BCUT2D eigenvalue weighted by molar-refractivity contribution is 6.31. The zero-order valence-electron chi connectivity index (χ0n) is 17.4. The molecule has 2 N–H and O–H groups in total. The van der Waals surface area contributed by atoms with E-state index in [-0.39, 0.29) is 30.2 Å². The van der Waals surface area contributed by atoms with E-state index < -0.39 is 28.7 Å². The summed E-state index contributed by atoms with van der Waals surface area (Å²) >= 11 is 5.66. The van der Waals surface area contributed by atoms with Crippen LogP contribution in [-0.2, 0) is 6.18 Å². The smallest absolute Gasteiger partial charge is 0.417 e. The number of alkyl halides is 3. The summed E-state index contributed by atoms with van der Waals surface area (Å²) in [7, 11) is 0. The topological polar surface area (TPSA) is 74.7 Å². The Morgan fingerprint density at radius 3 is 2.73 bits per heavy atom. The number of aliphatic hydroxyl groups excluding tert-OH is 1. The van der Waals surface area contributed by atoms with Crippen LogP contribution in [-0.4, -0.2) is 35.3 Å². The number of fused-ring (bicyclic) bond motifs is 1. The van der Waals surface area contributed by atoms with Crippen molar-refractivity contribution >= 4 is 34.7 Å². The maximum atomic E-state index is 13.2. The Balaban J connectivity index is 1.69. The Labute approximate surface area is 192 Å². The molecule has 1 amide bonds. The van der Waals surface area contributed by atoms with Crippen LogP contribution in [0.2, 0.25) is 5.02 Å². The van der Waals surface area contributed by atoms with E-state index in [4.69, 9.17) is 16.3 Å². The first-order chi connectivity index (χ1) is 15.7. The van der Waals surface area contributed by atoms with Crippen LogP contribution in [0, 0.1) is 6.92 Å². The van der Waals surface area contributed by atoms with E-state index in [2.05, 4.69) is 10.3 Å². The van der Waals surface area contributed by atoms with Gasteiger partial charge in [-0.05, 0) is 48.9 Å². The number of aryl methyl sites for hydroxylation is 1. The van der Waals surface area contributed by atoms with Gasteiger partial charge in [0.25, 0.3) is 5.91 Å². The molecule has 1 aromatic heterocycles. The average molecular weight is 478 g/mol. The van der Waals surface area contributed by atoms with Crippen molar-refractivity contribution in [2.45, 2.75) is 19.1 Å². The quantitative estimate of drug-likeness (QED) is 0.540. The van der Waals surface area contributed by atoms with Gasteiger partial charge in [0, 0.05) is 11.9 Å². The molecule has 1 atom stereocenters. The molecule has 10 heteroatoms. The molecule has 0 bridgehead atoms. The zero-order chi connectivity index (χ0) is 23.8. The molecule has 0 radical (unpaired) electrons. The molecule has 1 unspecified atom stereocenters. The summed E-state index contributed by atoms with van der Waals surface area (Å²) in [4.78, 5) is 19.2. The number of rotatable bonds is 4. The van der Waals surface area contributed by atoms with Crippen molar-refractivity contribution in [1.82, 2.24) is 4.98 Å². The zero-order valence-corrected chi connectivity index (χ0v) is 18.1. The SMILES string of the molecule is Cc1ccc(N2c3cccc(C(=O)Nc4ccc(Cl)c(C(F)(F)F)c4)c3OCC2CO)nc1. The molecule has 1 aliphatic rings. The summed E-state index contributed by atoms with van der Waals surface area (Å²) in [6.45, 7) is 1.77. The summed E-state index contributed by atoms with van der Waals surface area (Å²) in [5.74, 6) is 0.155. The third kappa shape index (κ3) is 4.60. The number of amides is 1. The Morgan fingerprint density at radius 1 is 1.27 bits per heavy atom. The van der Waals surface area contributed by atoms with Gasteiger partial charge in [-0.15, -0.1) is 0 Å². The number of aliphatic hydroxyl groups is 1. The average Bonchev–Trinajstić information content (AvgIpc) is 2.79. The van der Waals surface area contributed by atoms with Crippen LogP contribution < -0.4 is 15.0 Å². The van der Waals surface area contributed by atoms with Gasteiger partial charge in [-0.1, -0.05) is 23.7 Å². The normalized spacial score (nSPS) is 15.6. The van der Waals surface area contributed by atoms with Gasteiger partial charge in [-0.25, -0.2) is 4.98 Å². The number of halogens is 4. The van der Waals surface area contributed by atoms with E-state index in [0.29, 0.717) is 11.5 Å². The highest BCUT2D eigenvalue weighted by Gasteiger charge is 2.34. The van der Waals surface area contributed by atoms with Crippen LogP contribution in [0.5, 0.6) is 5.75 Å². The fourth-order valence-electron chi connectivity index (χ4n) is 3.56. The number of anilines is 3. The van der Waals surface area contributed by atoms with E-state index >= 15 is 0 Å². The number of aromatic nitrogens is 1. The lowest BCUT2D eigenvalue weighted by Crippen LogP contribution is -2.43. The highest BCUT2D eigenvalue weighted by Crippen LogP contribution is 2.41. The lowest BCUT2D eigenvalue weighted by molar-refractivity contribution is -0.137. The molecule has 0 fully saturated rings. The van der Waals surface area contributed by atoms with Gasteiger partial charge >= 0.3 is 6.18 Å². The minimum Gasteiger partial charge on any atom is -0.488 e. The molecule has 4 rings (SSSR count). The Hall–Kier alpha value is -3.30. The van der Waals surface area contributed by atoms with Crippen molar-refractivity contribution in [3.8, 4) is 5.75 Å². The molecule has 0 spiro atoms. The standard InChI is InChI=1S/C23H19ClF3N3O3/c1-13-5-8-20(28-10-13)30-15(11-31)12-33-21-16(3-2-4-19(21)30)22(32)29-14-6-7-18(24)17(9-14)23(25,26)27/h2-10,15,31H,11-12H2,1H3,(H,29,32). The molecule has 2 heterocycles. The molecule has 33 heavy (non-hydrogen) atoms. The fourth-order valence-corrected chi connectivity index (χ4v) is 3.79. The minimum absolute atomic E-state index is 0.0598. The second-order valence-electron chi connectivity index (χ2n) is 7.51. The maximum Gasteiger partial charge on any atom is 0.417 e. The Bertz CT molecular complexity index is 1190. The largest absolute Gasteiger partial charge is 0.488 e. The van der Waals surface area contributed by atoms with E-state index in [1.165, 1.54) is 12.1 Å². The van der Waals surface area contributed by atoms with Crippen molar-refractivity contribution in [1.29, 1.82) is 0 Å². The van der Waals surface area contributed by atoms with Crippen LogP contribution in [0.25, 0.3) is 0 Å². The second kappa shape index (κ2) is 8.92. The number of nitrogens with zero attached hydrogens (tertiary/aromatic N) is 2. The first-order valence-electron chi connectivity index (χ1n) is 9.95. The number of benzene rings is 2. The van der Waals surface area contributed by atoms with Crippen molar-refractivity contribution < 1.29 is 27.8 Å². The van der Waals surface area contributed by atoms with Gasteiger partial charge in [-0.3, -0.25) is 4.79 Å². The van der Waals surface area contributed by atoms with Gasteiger partial charge in [0.05, 0.1) is 34.5 Å². The number of para-hydroxylation sites is 1. The summed E-state index contributed by atoms with van der Waals surface area (Å²) in [6.07, 6.45) is -2.97. The van der Waals surface area contributed by atoms with Crippen molar-refractivity contribution in [3.05, 3.63) is 76.4 Å². The van der Waals surface area contributed by atoms with E-state index in [1.54, 1.807) is 29.3 Å². The van der Waals surface area contributed by atoms with E-state index in [0.717, 1.165) is 17.7 Å². The lowest BCUT2D eigenvalue weighted by Gasteiger charge is -2.37. The number of hydrogen-bond acceptors (Lipinski definition) is 5. The fraction of sp³-hybridized carbons (Fsp3) is 0.217. The molecular formula is C23H19ClF3N3O3. The number of nitrogens with one attached hydrogen (secondary N) is 1. The Morgan fingerprint density at radius 2 is 2.06 bits per heavy atom. The predicted octanol–water partition coefficient (Wildman–Crippen LogP) is 5.21. The molecule has 2 aromatic carbocycles. The minimum atomic E-state index is -4.66. The van der Waals surface area contributed by atoms with Crippen LogP contribution in [0.4, 0.5) is 30.4 Å². The molecule has 172 valence electrons. The Kier molecular flexibility index (Phi) is 6.18. The van der Waals surface area contributed by atoms with Crippen molar-refractivity contribution in [3.63, 3.8) is 0 Å². The first-order valence-corrected chi connectivity index (χ1v) is 10.3. The second-order valence-corrected chi connectivity index (χ2v) is 7.92. The molecular weight excluding hydrogens is 459 g/mol. The molecule has 1 aliphatic heterocycles. The van der Waals surface area contributed by atoms with Crippen LogP contribution >= 0.6 is 11.6 Å². The van der Waals surface area contributed by atoms with Crippen molar-refractivity contribution in [2.24, 2.45) is 0 Å². The number of hydrogen-bond donors (Lipinski definition) is 2. The van der Waals surface area contributed by atoms with Gasteiger partial charge in [0.15, 0.2) is 5.75 Å². The lowest BCUT2D eigenvalue weighted by atomic mass is 10.1. The molecule has 0 saturated carbocycles. The number of ether oxygens (including phenoxy) is 1. The molecule has 6 nitrogen and oxygen atoms in total. The van der Waals surface area contributed by atoms with Gasteiger partial charge < -0.3 is 20.1 Å². The van der Waals surface area contributed by atoms with Crippen LogP contribution in [0.3, 0.4) is 0 Å². The highest BCUT2D eigenvalue weighted by atomic mass is 35.5. The predicted molar refractivity (Wildman–Crippen MR) is 118 cm³/mol. The number of carbonyl (C=O) groups is 1. The first kappa shape index (κ1) is 22.9.